The minimum absolute atomic E-state index is 0.600. The van der Waals surface area contributed by atoms with Gasteiger partial charge in [-0.2, -0.15) is 5.26 Å². The van der Waals surface area contributed by atoms with Crippen LogP contribution in [0.15, 0.2) is 186 Å². The molecule has 2 heterocycles. The molecule has 7 aromatic carbocycles. The predicted molar refractivity (Wildman–Crippen MR) is 212 cm³/mol. The number of rotatable bonds is 7. The summed E-state index contributed by atoms with van der Waals surface area (Å²) in [4.78, 5) is 15.1. The molecule has 0 aliphatic carbocycles. The summed E-state index contributed by atoms with van der Waals surface area (Å²) in [5.74, 6) is 1.21. The van der Waals surface area contributed by atoms with Gasteiger partial charge in [-0.05, 0) is 81.9 Å². The molecule has 0 atom stereocenters. The Morgan fingerprint density at radius 3 is 1.70 bits per heavy atom. The fourth-order valence-electron chi connectivity index (χ4n) is 6.80. The Balaban J connectivity index is 1.16. The topological polar surface area (TPSA) is 75.6 Å². The minimum Gasteiger partial charge on any atom is -0.436 e. The van der Waals surface area contributed by atoms with Gasteiger partial charge in [0.2, 0.25) is 5.89 Å². The number of oxazole rings is 1. The molecule has 0 amide bonds. The fourth-order valence-corrected chi connectivity index (χ4v) is 6.80. The zero-order valence-electron chi connectivity index (χ0n) is 28.5. The Labute approximate surface area is 307 Å². The van der Waals surface area contributed by atoms with Crippen LogP contribution in [0.5, 0.6) is 0 Å². The van der Waals surface area contributed by atoms with Gasteiger partial charge in [0, 0.05) is 22.3 Å². The van der Waals surface area contributed by atoms with Gasteiger partial charge >= 0.3 is 0 Å². The minimum atomic E-state index is 0.600. The van der Waals surface area contributed by atoms with E-state index < -0.39 is 0 Å². The summed E-state index contributed by atoms with van der Waals surface area (Å²) in [6.07, 6.45) is 0. The first kappa shape index (κ1) is 31.6. The van der Waals surface area contributed by atoms with Crippen molar-refractivity contribution in [2.45, 2.75) is 0 Å². The Hall–Kier alpha value is -7.42. The van der Waals surface area contributed by atoms with Crippen molar-refractivity contribution in [3.63, 3.8) is 0 Å². The molecule has 9 rings (SSSR count). The summed E-state index contributed by atoms with van der Waals surface area (Å²) in [6.45, 7) is 0. The van der Waals surface area contributed by atoms with Crippen LogP contribution in [0.3, 0.4) is 0 Å². The van der Waals surface area contributed by atoms with E-state index in [1.807, 2.05) is 97.1 Å². The van der Waals surface area contributed by atoms with Crippen LogP contribution in [-0.4, -0.2) is 15.0 Å². The van der Waals surface area contributed by atoms with E-state index in [0.717, 1.165) is 78.1 Å². The lowest BCUT2D eigenvalue weighted by molar-refractivity contribution is 0.620. The van der Waals surface area contributed by atoms with Gasteiger partial charge in [-0.1, -0.05) is 133 Å². The first-order chi connectivity index (χ1) is 26.2. The number of nitrogens with zero attached hydrogens (tertiary/aromatic N) is 4. The molecule has 0 unspecified atom stereocenters. The third-order valence-corrected chi connectivity index (χ3v) is 9.38. The summed E-state index contributed by atoms with van der Waals surface area (Å²) < 4.78 is 6.09. The highest BCUT2D eigenvalue weighted by atomic mass is 16.3. The van der Waals surface area contributed by atoms with Gasteiger partial charge in [0.05, 0.1) is 23.0 Å². The van der Waals surface area contributed by atoms with E-state index in [4.69, 9.17) is 19.4 Å². The van der Waals surface area contributed by atoms with Crippen molar-refractivity contribution in [3.05, 3.63) is 188 Å². The van der Waals surface area contributed by atoms with Crippen LogP contribution in [0.25, 0.3) is 89.8 Å². The maximum Gasteiger partial charge on any atom is 0.227 e. The van der Waals surface area contributed by atoms with Gasteiger partial charge in [-0.3, -0.25) is 0 Å². The summed E-state index contributed by atoms with van der Waals surface area (Å²) in [7, 11) is 0. The van der Waals surface area contributed by atoms with Crippen molar-refractivity contribution in [2.24, 2.45) is 0 Å². The van der Waals surface area contributed by atoms with Crippen LogP contribution >= 0.6 is 0 Å². The smallest absolute Gasteiger partial charge is 0.227 e. The molecule has 0 saturated heterocycles. The quantitative estimate of drug-likeness (QED) is 0.168. The second kappa shape index (κ2) is 13.7. The fraction of sp³-hybridized carbons (Fsp3) is 0. The Morgan fingerprint density at radius 2 is 0.943 bits per heavy atom. The van der Waals surface area contributed by atoms with E-state index in [1.165, 1.54) is 0 Å². The molecule has 0 saturated carbocycles. The average Bonchev–Trinajstić information content (AvgIpc) is 3.69. The highest BCUT2D eigenvalue weighted by Crippen LogP contribution is 2.38. The monoisotopic (exact) mass is 678 g/mol. The van der Waals surface area contributed by atoms with E-state index in [0.29, 0.717) is 17.3 Å². The van der Waals surface area contributed by atoms with E-state index in [1.54, 1.807) is 0 Å². The molecule has 5 heteroatoms. The Kier molecular flexibility index (Phi) is 8.16. The number of hydrogen-bond donors (Lipinski definition) is 0. The van der Waals surface area contributed by atoms with Crippen LogP contribution in [0.2, 0.25) is 0 Å². The number of aromatic nitrogens is 3. The molecule has 2 aromatic heterocycles. The van der Waals surface area contributed by atoms with Gasteiger partial charge in [-0.25, -0.2) is 15.0 Å². The second-order valence-electron chi connectivity index (χ2n) is 12.8. The van der Waals surface area contributed by atoms with Gasteiger partial charge in [-0.15, -0.1) is 0 Å². The largest absolute Gasteiger partial charge is 0.436 e. The van der Waals surface area contributed by atoms with Crippen LogP contribution in [0, 0.1) is 11.3 Å². The molecule has 0 aliphatic rings. The lowest BCUT2D eigenvalue weighted by Crippen LogP contribution is -1.98. The highest BCUT2D eigenvalue weighted by molar-refractivity contribution is 5.88. The lowest BCUT2D eigenvalue weighted by Gasteiger charge is -2.15. The van der Waals surface area contributed by atoms with E-state index >= 15 is 0 Å². The number of para-hydroxylation sites is 2. The summed E-state index contributed by atoms with van der Waals surface area (Å²) in [5.41, 5.74) is 13.8. The molecule has 0 radical (unpaired) electrons. The molecule has 0 bridgehead atoms. The van der Waals surface area contributed by atoms with Crippen LogP contribution in [0.1, 0.15) is 5.56 Å². The Morgan fingerprint density at radius 1 is 0.396 bits per heavy atom. The second-order valence-corrected chi connectivity index (χ2v) is 12.8. The zero-order chi connectivity index (χ0) is 35.6. The van der Waals surface area contributed by atoms with E-state index in [-0.39, 0.29) is 0 Å². The van der Waals surface area contributed by atoms with Crippen molar-refractivity contribution in [2.75, 3.05) is 0 Å². The van der Waals surface area contributed by atoms with Crippen LogP contribution < -0.4 is 0 Å². The summed E-state index contributed by atoms with van der Waals surface area (Å²) in [6, 6.07) is 63.4. The van der Waals surface area contributed by atoms with Gasteiger partial charge < -0.3 is 4.42 Å². The van der Waals surface area contributed by atoms with Crippen molar-refractivity contribution < 1.29 is 4.42 Å². The summed E-state index contributed by atoms with van der Waals surface area (Å²) >= 11 is 0. The molecule has 5 nitrogen and oxygen atoms in total. The molecule has 53 heavy (non-hydrogen) atoms. The molecular weight excluding hydrogens is 649 g/mol. The predicted octanol–water partition coefficient (Wildman–Crippen LogP) is 12.2. The van der Waals surface area contributed by atoms with Crippen LogP contribution in [-0.2, 0) is 0 Å². The first-order valence-corrected chi connectivity index (χ1v) is 17.4. The molecular formula is C48H30N4O. The highest BCUT2D eigenvalue weighted by Gasteiger charge is 2.17. The molecule has 0 fully saturated rings. The lowest BCUT2D eigenvalue weighted by atomic mass is 9.93. The standard InChI is InChI=1S/C48H30N4O/c49-31-32-13-10-18-36(27-32)40-22-5-7-24-42(40)47-50-44(33-14-2-1-3-15-33)30-45(51-47)41-23-6-4-21-39(41)37-19-11-16-34(28-37)35-17-12-20-38(29-35)48-52-43-25-8-9-26-46(43)53-48/h1-30H. The normalized spacial score (nSPS) is 11.0. The maximum absolute atomic E-state index is 9.63. The maximum atomic E-state index is 9.63. The third kappa shape index (κ3) is 6.27. The number of benzene rings is 7. The zero-order valence-corrected chi connectivity index (χ0v) is 28.5. The van der Waals surface area contributed by atoms with Crippen LogP contribution in [0.4, 0.5) is 0 Å². The van der Waals surface area contributed by atoms with Crippen molar-refractivity contribution in [1.29, 1.82) is 5.26 Å². The van der Waals surface area contributed by atoms with E-state index in [2.05, 4.69) is 91.0 Å². The third-order valence-electron chi connectivity index (χ3n) is 9.38. The van der Waals surface area contributed by atoms with Gasteiger partial charge in [0.15, 0.2) is 11.4 Å². The summed E-state index contributed by atoms with van der Waals surface area (Å²) in [5, 5.41) is 9.63. The van der Waals surface area contributed by atoms with Crippen molar-refractivity contribution in [3.8, 4) is 84.8 Å². The van der Waals surface area contributed by atoms with Crippen molar-refractivity contribution in [1.82, 2.24) is 15.0 Å². The SMILES string of the molecule is N#Cc1cccc(-c2ccccc2-c2nc(-c3ccccc3)cc(-c3ccccc3-c3cccc(-c4cccc(-c5nc6ccccc6o5)c4)c3)n2)c1. The number of nitriles is 1. The first-order valence-electron chi connectivity index (χ1n) is 17.4. The molecule has 0 aliphatic heterocycles. The number of hydrogen-bond acceptors (Lipinski definition) is 5. The molecule has 248 valence electrons. The van der Waals surface area contributed by atoms with Crippen molar-refractivity contribution >= 4 is 11.1 Å². The van der Waals surface area contributed by atoms with Gasteiger partial charge in [0.1, 0.15) is 5.52 Å². The van der Waals surface area contributed by atoms with E-state index in [9.17, 15) is 5.26 Å². The Bertz CT molecular complexity index is 2780. The average molecular weight is 679 g/mol. The number of fused-ring (bicyclic) bond motifs is 1. The molecule has 9 aromatic rings. The molecule has 0 spiro atoms. The van der Waals surface area contributed by atoms with Gasteiger partial charge in [0.25, 0.3) is 0 Å². The molecule has 0 N–H and O–H groups in total.